The van der Waals surface area contributed by atoms with E-state index in [2.05, 4.69) is 41.9 Å². The Bertz CT molecular complexity index is 1670. The lowest BCUT2D eigenvalue weighted by atomic mass is 9.75. The van der Waals surface area contributed by atoms with E-state index in [4.69, 9.17) is 9.84 Å². The molecular formula is C33H30N4O3. The number of benzene rings is 4. The normalized spacial score (nSPS) is 17.3. The topological polar surface area (TPSA) is 77.7 Å². The van der Waals surface area contributed by atoms with Crippen molar-refractivity contribution in [3.63, 3.8) is 0 Å². The van der Waals surface area contributed by atoms with Gasteiger partial charge in [0.05, 0.1) is 6.21 Å². The molecule has 1 spiro atoms. The van der Waals surface area contributed by atoms with Gasteiger partial charge in [0.25, 0.3) is 5.91 Å². The summed E-state index contributed by atoms with van der Waals surface area (Å²) >= 11 is 0. The standard InChI is InChI=1S/C33H30N4O3/c1-4-36(5-2)23-15-17-27-31(21-23)40-30-20-22(3)14-16-26(30)33(27)25-11-7-6-10-24(25)32(39)37(33)35-19-18-34-28-12-8-9-13-29(28)38/h6-21,38H,4-5H2,1-3H3/b34-18+,35-19+. The summed E-state index contributed by atoms with van der Waals surface area (Å²) in [6, 6.07) is 26.7. The first-order chi connectivity index (χ1) is 19.5. The fourth-order valence-electron chi connectivity index (χ4n) is 5.76. The summed E-state index contributed by atoms with van der Waals surface area (Å²) in [6.07, 6.45) is 2.98. The van der Waals surface area contributed by atoms with Gasteiger partial charge in [-0.1, -0.05) is 48.5 Å². The van der Waals surface area contributed by atoms with Crippen molar-refractivity contribution in [2.45, 2.75) is 26.3 Å². The van der Waals surface area contributed by atoms with Gasteiger partial charge in [-0.2, -0.15) is 5.10 Å². The summed E-state index contributed by atoms with van der Waals surface area (Å²) in [5, 5.41) is 16.3. The molecule has 1 amide bonds. The third-order valence-corrected chi connectivity index (χ3v) is 7.63. The first-order valence-electron chi connectivity index (χ1n) is 13.5. The Morgan fingerprint density at radius 2 is 1.57 bits per heavy atom. The summed E-state index contributed by atoms with van der Waals surface area (Å²) in [7, 11) is 0. The van der Waals surface area contributed by atoms with Gasteiger partial charge in [-0.25, -0.2) is 5.01 Å². The highest BCUT2D eigenvalue weighted by Crippen LogP contribution is 2.58. The molecule has 0 bridgehead atoms. The maximum absolute atomic E-state index is 14.0. The van der Waals surface area contributed by atoms with Gasteiger partial charge in [0.2, 0.25) is 0 Å². The van der Waals surface area contributed by atoms with Gasteiger partial charge in [-0.3, -0.25) is 9.79 Å². The van der Waals surface area contributed by atoms with E-state index in [1.807, 2.05) is 49.4 Å². The second-order valence-corrected chi connectivity index (χ2v) is 9.86. The van der Waals surface area contributed by atoms with Gasteiger partial charge < -0.3 is 14.7 Å². The summed E-state index contributed by atoms with van der Waals surface area (Å²) in [6.45, 7) is 8.01. The van der Waals surface area contributed by atoms with Crippen molar-refractivity contribution in [1.82, 2.24) is 5.01 Å². The average molecular weight is 531 g/mol. The van der Waals surface area contributed by atoms with Crippen LogP contribution in [0.25, 0.3) is 0 Å². The zero-order valence-electron chi connectivity index (χ0n) is 22.7. The van der Waals surface area contributed by atoms with Crippen LogP contribution in [0.4, 0.5) is 11.4 Å². The Morgan fingerprint density at radius 1 is 0.875 bits per heavy atom. The molecule has 0 aromatic heterocycles. The molecule has 1 atom stereocenters. The van der Waals surface area contributed by atoms with Crippen LogP contribution in [0.1, 0.15) is 46.5 Å². The zero-order valence-corrected chi connectivity index (χ0v) is 22.7. The number of fused-ring (bicyclic) bond motifs is 6. The number of hydrogen-bond acceptors (Lipinski definition) is 6. The van der Waals surface area contributed by atoms with Gasteiger partial charge in [0.1, 0.15) is 28.5 Å². The van der Waals surface area contributed by atoms with Crippen LogP contribution >= 0.6 is 0 Å². The molecule has 7 nitrogen and oxygen atoms in total. The molecule has 4 aromatic carbocycles. The van der Waals surface area contributed by atoms with Gasteiger partial charge in [0.15, 0.2) is 0 Å². The Morgan fingerprint density at radius 3 is 2.35 bits per heavy atom. The number of phenols is 1. The largest absolute Gasteiger partial charge is 0.506 e. The molecule has 0 saturated carbocycles. The molecule has 0 fully saturated rings. The van der Waals surface area contributed by atoms with Crippen molar-refractivity contribution in [2.24, 2.45) is 10.1 Å². The van der Waals surface area contributed by atoms with Gasteiger partial charge in [0, 0.05) is 53.3 Å². The number of hydrazone groups is 1. The zero-order chi connectivity index (χ0) is 27.9. The van der Waals surface area contributed by atoms with E-state index in [0.717, 1.165) is 41.0 Å². The van der Waals surface area contributed by atoms with Gasteiger partial charge in [-0.05, 0) is 56.7 Å². The van der Waals surface area contributed by atoms with Crippen molar-refractivity contribution in [3.8, 4) is 17.2 Å². The van der Waals surface area contributed by atoms with Crippen molar-refractivity contribution < 1.29 is 14.6 Å². The van der Waals surface area contributed by atoms with Crippen molar-refractivity contribution >= 4 is 29.7 Å². The SMILES string of the molecule is CCN(CC)c1ccc2c(c1)Oc1cc(C)ccc1C21c2ccccc2C(=O)N1/N=C/C=N/c1ccccc1O. The van der Waals surface area contributed by atoms with Crippen LogP contribution in [0, 0.1) is 6.92 Å². The van der Waals surface area contributed by atoms with E-state index in [-0.39, 0.29) is 11.7 Å². The fourth-order valence-corrected chi connectivity index (χ4v) is 5.76. The number of para-hydroxylation sites is 2. The molecule has 1 unspecified atom stereocenters. The molecule has 200 valence electrons. The first-order valence-corrected chi connectivity index (χ1v) is 13.5. The second-order valence-electron chi connectivity index (χ2n) is 9.86. The fraction of sp³-hybridized carbons (Fsp3) is 0.182. The average Bonchev–Trinajstić information content (AvgIpc) is 3.21. The predicted molar refractivity (Wildman–Crippen MR) is 159 cm³/mol. The van der Waals surface area contributed by atoms with Crippen molar-refractivity contribution in [3.05, 3.63) is 113 Å². The van der Waals surface area contributed by atoms with Crippen LogP contribution in [0.5, 0.6) is 17.2 Å². The van der Waals surface area contributed by atoms with E-state index >= 15 is 0 Å². The first kappa shape index (κ1) is 25.4. The predicted octanol–water partition coefficient (Wildman–Crippen LogP) is 6.79. The highest BCUT2D eigenvalue weighted by atomic mass is 16.5. The minimum atomic E-state index is -1.04. The third kappa shape index (κ3) is 3.85. The number of aliphatic imine (C=N–C) groups is 1. The van der Waals surface area contributed by atoms with E-state index in [1.165, 1.54) is 12.4 Å². The third-order valence-electron chi connectivity index (χ3n) is 7.63. The maximum Gasteiger partial charge on any atom is 0.275 e. The molecule has 0 saturated heterocycles. The van der Waals surface area contributed by atoms with Crippen LogP contribution < -0.4 is 9.64 Å². The highest BCUT2D eigenvalue weighted by molar-refractivity contribution is 6.17. The number of aryl methyl sites for hydroxylation is 1. The molecule has 2 aliphatic heterocycles. The van der Waals surface area contributed by atoms with E-state index in [9.17, 15) is 9.90 Å². The van der Waals surface area contributed by atoms with Crippen LogP contribution in [0.2, 0.25) is 0 Å². The summed E-state index contributed by atoms with van der Waals surface area (Å²) in [5.41, 5.74) is 4.61. The number of rotatable bonds is 6. The number of anilines is 1. The minimum absolute atomic E-state index is 0.0694. The van der Waals surface area contributed by atoms with Crippen LogP contribution in [0.3, 0.4) is 0 Å². The van der Waals surface area contributed by atoms with Crippen LogP contribution in [-0.4, -0.2) is 41.5 Å². The van der Waals surface area contributed by atoms with Gasteiger partial charge in [-0.15, -0.1) is 0 Å². The summed E-state index contributed by atoms with van der Waals surface area (Å²) in [5.74, 6) is 1.24. The minimum Gasteiger partial charge on any atom is -0.506 e. The molecule has 1 N–H and O–H groups in total. The Hall–Kier alpha value is -4.91. The lowest BCUT2D eigenvalue weighted by molar-refractivity contribution is 0.0675. The molecule has 0 radical (unpaired) electrons. The number of phenolic OH excluding ortho intramolecular Hbond substituents is 1. The monoisotopic (exact) mass is 530 g/mol. The molecule has 0 aliphatic carbocycles. The molecule has 6 rings (SSSR count). The second kappa shape index (κ2) is 10.0. The molecular weight excluding hydrogens is 500 g/mol. The number of hydrogen-bond donors (Lipinski definition) is 1. The van der Waals surface area contributed by atoms with Crippen molar-refractivity contribution in [2.75, 3.05) is 18.0 Å². The lowest BCUT2D eigenvalue weighted by Crippen LogP contribution is -2.44. The van der Waals surface area contributed by atoms with Crippen molar-refractivity contribution in [1.29, 1.82) is 0 Å². The summed E-state index contributed by atoms with van der Waals surface area (Å²) < 4.78 is 6.55. The number of carbonyl (C=O) groups excluding carboxylic acids is 1. The number of nitrogens with zero attached hydrogens (tertiary/aromatic N) is 4. The van der Waals surface area contributed by atoms with Gasteiger partial charge >= 0.3 is 0 Å². The highest BCUT2D eigenvalue weighted by Gasteiger charge is 2.57. The molecule has 7 heteroatoms. The Kier molecular flexibility index (Phi) is 6.34. The molecule has 40 heavy (non-hydrogen) atoms. The molecule has 2 aliphatic rings. The number of amides is 1. The smallest absolute Gasteiger partial charge is 0.275 e. The molecule has 4 aromatic rings. The van der Waals surface area contributed by atoms with E-state index in [1.54, 1.807) is 29.3 Å². The Labute approximate surface area is 233 Å². The Balaban J connectivity index is 1.57. The number of ether oxygens (including phenoxy) is 1. The number of aromatic hydroxyl groups is 1. The summed E-state index contributed by atoms with van der Waals surface area (Å²) in [4.78, 5) is 20.6. The van der Waals surface area contributed by atoms with Crippen LogP contribution in [-0.2, 0) is 5.54 Å². The van der Waals surface area contributed by atoms with E-state index in [0.29, 0.717) is 22.7 Å². The van der Waals surface area contributed by atoms with Crippen LogP contribution in [0.15, 0.2) is 95.0 Å². The lowest BCUT2D eigenvalue weighted by Gasteiger charge is -2.42. The number of carbonyl (C=O) groups is 1. The quantitative estimate of drug-likeness (QED) is 0.279. The molecule has 2 heterocycles. The van der Waals surface area contributed by atoms with E-state index < -0.39 is 5.54 Å². The maximum atomic E-state index is 14.0.